The number of nitrogens with one attached hydrogen (secondary N) is 1. The fourth-order valence-corrected chi connectivity index (χ4v) is 2.41. The van der Waals surface area contributed by atoms with E-state index < -0.39 is 29.2 Å². The molecule has 0 saturated carbocycles. The van der Waals surface area contributed by atoms with Crippen LogP contribution < -0.4 is 10.8 Å². The van der Waals surface area contributed by atoms with E-state index in [1.807, 2.05) is 27.7 Å². The lowest BCUT2D eigenvalue weighted by molar-refractivity contribution is -0.383. The van der Waals surface area contributed by atoms with Crippen molar-refractivity contribution < 1.29 is 19.0 Å². The van der Waals surface area contributed by atoms with Crippen LogP contribution in [0.4, 0.5) is 11.4 Å². The van der Waals surface area contributed by atoms with Gasteiger partial charge in [-0.05, 0) is 40.2 Å². The lowest BCUT2D eigenvalue weighted by atomic mass is 9.76. The molecule has 1 aliphatic heterocycles. The molecule has 7 nitrogen and oxygen atoms in total. The van der Waals surface area contributed by atoms with Gasteiger partial charge in [0.05, 0.1) is 16.1 Å². The maximum atomic E-state index is 11.5. The number of benzene rings is 1. The van der Waals surface area contributed by atoms with Gasteiger partial charge in [-0.3, -0.25) is 14.9 Å². The summed E-state index contributed by atoms with van der Waals surface area (Å²) in [7, 11) is -0.791. The van der Waals surface area contributed by atoms with Gasteiger partial charge in [-0.15, -0.1) is 0 Å². The Morgan fingerprint density at radius 2 is 1.74 bits per heavy atom. The number of rotatable bonds is 3. The lowest BCUT2D eigenvalue weighted by Gasteiger charge is -2.32. The number of carbonyl (C=O) groups is 1. The molecule has 2 rings (SSSR count). The normalized spacial score (nSPS) is 18.8. The van der Waals surface area contributed by atoms with Gasteiger partial charge >= 0.3 is 7.12 Å². The van der Waals surface area contributed by atoms with E-state index in [-0.39, 0.29) is 11.4 Å². The van der Waals surface area contributed by atoms with Crippen molar-refractivity contribution in [3.8, 4) is 0 Å². The van der Waals surface area contributed by atoms with Gasteiger partial charge in [0.15, 0.2) is 0 Å². The molecule has 1 amide bonds. The molecule has 1 saturated heterocycles. The number of amides is 1. The monoisotopic (exact) mass is 320 g/mol. The average molecular weight is 320 g/mol. The van der Waals surface area contributed by atoms with Crippen molar-refractivity contribution in [1.29, 1.82) is 0 Å². The fraction of sp³-hybridized carbons (Fsp3) is 0.533. The number of nitro benzene ring substituents is 1. The van der Waals surface area contributed by atoms with Crippen LogP contribution >= 0.6 is 0 Å². The zero-order valence-corrected chi connectivity index (χ0v) is 14.2. The van der Waals surface area contributed by atoms with Gasteiger partial charge < -0.3 is 14.6 Å². The zero-order chi connectivity index (χ0) is 17.6. The number of hydrogen-bond donors (Lipinski definition) is 1. The van der Waals surface area contributed by atoms with Gasteiger partial charge in [0.25, 0.3) is 5.69 Å². The Hall–Kier alpha value is -1.93. The van der Waals surface area contributed by atoms with E-state index in [4.69, 9.17) is 9.31 Å². The number of carbonyl (C=O) groups excluding carboxylic acids is 1. The van der Waals surface area contributed by atoms with Gasteiger partial charge in [-0.25, -0.2) is 0 Å². The first kappa shape index (κ1) is 17.4. The van der Waals surface area contributed by atoms with Crippen molar-refractivity contribution in [3.63, 3.8) is 0 Å². The molecule has 1 aliphatic rings. The second-order valence-corrected chi connectivity index (χ2v) is 6.77. The maximum Gasteiger partial charge on any atom is 0.497 e. The van der Waals surface area contributed by atoms with E-state index in [0.29, 0.717) is 11.0 Å². The average Bonchev–Trinajstić information content (AvgIpc) is 2.59. The second kappa shape index (κ2) is 5.61. The topological polar surface area (TPSA) is 90.7 Å². The van der Waals surface area contributed by atoms with Crippen molar-refractivity contribution in [1.82, 2.24) is 0 Å². The minimum absolute atomic E-state index is 0.117. The summed E-state index contributed by atoms with van der Waals surface area (Å²) in [6.45, 7) is 10.6. The summed E-state index contributed by atoms with van der Waals surface area (Å²) < 4.78 is 11.9. The number of hydrogen-bond acceptors (Lipinski definition) is 5. The molecule has 1 aromatic carbocycles. The van der Waals surface area contributed by atoms with E-state index in [9.17, 15) is 14.9 Å². The number of anilines is 1. The number of nitro groups is 1. The fourth-order valence-electron chi connectivity index (χ4n) is 2.41. The van der Waals surface area contributed by atoms with Gasteiger partial charge in [-0.2, -0.15) is 0 Å². The third kappa shape index (κ3) is 3.23. The molecule has 1 N–H and O–H groups in total. The van der Waals surface area contributed by atoms with Crippen LogP contribution in [0.1, 0.15) is 40.2 Å². The molecule has 124 valence electrons. The molecular weight excluding hydrogens is 299 g/mol. The Bertz CT molecular complexity index is 656. The summed E-state index contributed by atoms with van der Waals surface area (Å²) in [5, 5.41) is 13.9. The molecule has 1 aromatic rings. The van der Waals surface area contributed by atoms with Crippen molar-refractivity contribution in [3.05, 3.63) is 27.8 Å². The molecule has 0 bridgehead atoms. The van der Waals surface area contributed by atoms with Crippen LogP contribution in [0, 0.1) is 17.0 Å². The molecule has 0 unspecified atom stereocenters. The Morgan fingerprint density at radius 1 is 1.22 bits per heavy atom. The smallest absolute Gasteiger partial charge is 0.399 e. The molecule has 1 fully saturated rings. The highest BCUT2D eigenvalue weighted by atomic mass is 16.7. The molecule has 0 radical (unpaired) electrons. The Kier molecular flexibility index (Phi) is 4.25. The highest BCUT2D eigenvalue weighted by molar-refractivity contribution is 6.64. The molecule has 1 heterocycles. The van der Waals surface area contributed by atoms with E-state index in [1.54, 1.807) is 13.0 Å². The number of aryl methyl sites for hydroxylation is 1. The van der Waals surface area contributed by atoms with E-state index >= 15 is 0 Å². The lowest BCUT2D eigenvalue weighted by Crippen LogP contribution is -2.41. The quantitative estimate of drug-likeness (QED) is 0.523. The molecule has 8 heteroatoms. The first-order valence-corrected chi connectivity index (χ1v) is 7.37. The maximum absolute atomic E-state index is 11.5. The first-order valence-electron chi connectivity index (χ1n) is 7.37. The van der Waals surface area contributed by atoms with Gasteiger partial charge in [0, 0.05) is 18.5 Å². The van der Waals surface area contributed by atoms with Gasteiger partial charge in [0.1, 0.15) is 5.69 Å². The molecule has 23 heavy (non-hydrogen) atoms. The summed E-state index contributed by atoms with van der Waals surface area (Å²) in [6.07, 6.45) is 0. The van der Waals surface area contributed by atoms with Crippen LogP contribution in [0.25, 0.3) is 0 Å². The van der Waals surface area contributed by atoms with Crippen LogP contribution in [0.5, 0.6) is 0 Å². The third-order valence-corrected chi connectivity index (χ3v) is 4.30. The van der Waals surface area contributed by atoms with Crippen molar-refractivity contribution in [2.75, 3.05) is 5.32 Å². The summed E-state index contributed by atoms with van der Waals surface area (Å²) in [5.74, 6) is -0.394. The Balaban J connectivity index is 2.58. The van der Waals surface area contributed by atoms with E-state index in [1.165, 1.54) is 13.0 Å². The third-order valence-electron chi connectivity index (χ3n) is 4.30. The van der Waals surface area contributed by atoms with Crippen LogP contribution in [0.15, 0.2) is 12.1 Å². The van der Waals surface area contributed by atoms with Crippen molar-refractivity contribution in [2.24, 2.45) is 0 Å². The summed E-state index contributed by atoms with van der Waals surface area (Å²) in [6, 6.07) is 3.15. The number of nitrogens with zero attached hydrogens (tertiary/aromatic N) is 1. The molecule has 0 aliphatic carbocycles. The van der Waals surface area contributed by atoms with Crippen LogP contribution in [0.2, 0.25) is 0 Å². The standard InChI is InChI=1S/C15H21BN2O5/c1-9-7-11(16-22-14(3,4)15(5,6)23-16)13(17-10(2)19)12(8-9)18(20)21/h7-8H,1-6H3,(H,17,19). The minimum Gasteiger partial charge on any atom is -0.399 e. The molecule has 0 spiro atoms. The zero-order valence-electron chi connectivity index (χ0n) is 14.2. The van der Waals surface area contributed by atoms with Gasteiger partial charge in [-0.1, -0.05) is 6.07 Å². The predicted octanol–water partition coefficient (Wildman–Crippen LogP) is 2.16. The van der Waals surface area contributed by atoms with Crippen molar-refractivity contribution >= 4 is 29.9 Å². The summed E-state index contributed by atoms with van der Waals surface area (Å²) in [5.41, 5.74) is -0.0783. The predicted molar refractivity (Wildman–Crippen MR) is 87.9 cm³/mol. The highest BCUT2D eigenvalue weighted by Gasteiger charge is 2.52. The molecular formula is C15H21BN2O5. The van der Waals surface area contributed by atoms with Crippen molar-refractivity contribution in [2.45, 2.75) is 52.7 Å². The Labute approximate surface area is 135 Å². The summed E-state index contributed by atoms with van der Waals surface area (Å²) >= 11 is 0. The largest absolute Gasteiger partial charge is 0.497 e. The van der Waals surface area contributed by atoms with Crippen LogP contribution in [-0.2, 0) is 14.1 Å². The molecule has 0 aromatic heterocycles. The first-order chi connectivity index (χ1) is 10.4. The summed E-state index contributed by atoms with van der Waals surface area (Å²) in [4.78, 5) is 22.3. The van der Waals surface area contributed by atoms with Crippen LogP contribution in [0.3, 0.4) is 0 Å². The Morgan fingerprint density at radius 3 is 2.17 bits per heavy atom. The highest BCUT2D eigenvalue weighted by Crippen LogP contribution is 2.38. The van der Waals surface area contributed by atoms with Gasteiger partial charge in [0.2, 0.25) is 5.91 Å². The van der Waals surface area contributed by atoms with E-state index in [0.717, 1.165) is 0 Å². The minimum atomic E-state index is -0.791. The SMILES string of the molecule is CC(=O)Nc1c(B2OC(C)(C)C(C)(C)O2)cc(C)cc1[N+](=O)[O-]. The molecule has 0 atom stereocenters. The van der Waals surface area contributed by atoms with Crippen LogP contribution in [-0.4, -0.2) is 29.2 Å². The van der Waals surface area contributed by atoms with E-state index in [2.05, 4.69) is 5.32 Å². The second-order valence-electron chi connectivity index (χ2n) is 6.77.